The second-order valence-corrected chi connectivity index (χ2v) is 5.48. The fourth-order valence-corrected chi connectivity index (χ4v) is 2.98. The third-order valence-electron chi connectivity index (χ3n) is 4.31. The van der Waals surface area contributed by atoms with Gasteiger partial charge in [0, 0.05) is 18.2 Å². The van der Waals surface area contributed by atoms with Crippen molar-refractivity contribution in [3.05, 3.63) is 29.8 Å². The van der Waals surface area contributed by atoms with E-state index in [1.54, 1.807) is 0 Å². The molecule has 0 aromatic heterocycles. The number of carbonyl (C=O) groups excluding carboxylic acids is 1. The Morgan fingerprint density at radius 3 is 2.44 bits per heavy atom. The van der Waals surface area contributed by atoms with Gasteiger partial charge in [0.1, 0.15) is 0 Å². The number of nitrogens with two attached hydrogens (primary N) is 1. The van der Waals surface area contributed by atoms with Gasteiger partial charge in [0.05, 0.1) is 6.04 Å². The molecule has 1 aromatic rings. The van der Waals surface area contributed by atoms with E-state index in [2.05, 4.69) is 17.0 Å². The van der Waals surface area contributed by atoms with Crippen LogP contribution in [0.4, 0.5) is 5.69 Å². The molecule has 1 saturated carbocycles. The Labute approximate surface area is 108 Å². The number of rotatable bonds is 2. The highest BCUT2D eigenvalue weighted by Gasteiger charge is 2.35. The molecule has 1 unspecified atom stereocenters. The lowest BCUT2D eigenvalue weighted by Gasteiger charge is -2.33. The van der Waals surface area contributed by atoms with Crippen molar-refractivity contribution in [1.82, 2.24) is 4.90 Å². The van der Waals surface area contributed by atoms with Gasteiger partial charge in [0.25, 0.3) is 0 Å². The lowest BCUT2D eigenvalue weighted by molar-refractivity contribution is -0.139. The summed E-state index contributed by atoms with van der Waals surface area (Å²) < 4.78 is 0. The number of likely N-dealkylation sites (tertiary alicyclic amines) is 1. The molecule has 2 N–H and O–H groups in total. The van der Waals surface area contributed by atoms with Gasteiger partial charge >= 0.3 is 0 Å². The predicted octanol–water partition coefficient (Wildman–Crippen LogP) is 2.73. The van der Waals surface area contributed by atoms with Gasteiger partial charge in [-0.1, -0.05) is 18.6 Å². The predicted molar refractivity (Wildman–Crippen MR) is 71.9 cm³/mol. The summed E-state index contributed by atoms with van der Waals surface area (Å²) in [6.45, 7) is 0.921. The second-order valence-electron chi connectivity index (χ2n) is 5.48. The van der Waals surface area contributed by atoms with Crippen LogP contribution in [0.15, 0.2) is 24.3 Å². The molecule has 1 heterocycles. The molecule has 1 atom stereocenters. The molecule has 1 aliphatic heterocycles. The average Bonchev–Trinajstić information content (AvgIpc) is 2.76. The van der Waals surface area contributed by atoms with E-state index < -0.39 is 0 Å². The normalized spacial score (nSPS) is 24.0. The summed E-state index contributed by atoms with van der Waals surface area (Å²) in [7, 11) is 0. The number of carbonyl (C=O) groups is 1. The molecule has 2 fully saturated rings. The molecule has 1 aliphatic carbocycles. The maximum absolute atomic E-state index is 12.4. The first kappa shape index (κ1) is 11.6. The van der Waals surface area contributed by atoms with Gasteiger partial charge < -0.3 is 10.6 Å². The van der Waals surface area contributed by atoms with Crippen LogP contribution in [0.1, 0.15) is 43.7 Å². The van der Waals surface area contributed by atoms with Crippen molar-refractivity contribution in [1.29, 1.82) is 0 Å². The zero-order valence-electron chi connectivity index (χ0n) is 10.6. The monoisotopic (exact) mass is 244 g/mol. The molecule has 2 aliphatic rings. The van der Waals surface area contributed by atoms with E-state index in [1.165, 1.54) is 12.0 Å². The fourth-order valence-electron chi connectivity index (χ4n) is 2.98. The van der Waals surface area contributed by atoms with E-state index in [4.69, 9.17) is 5.73 Å². The molecule has 0 radical (unpaired) electrons. The minimum Gasteiger partial charge on any atom is -0.399 e. The molecule has 96 valence electrons. The van der Waals surface area contributed by atoms with Crippen molar-refractivity contribution < 1.29 is 4.79 Å². The first-order valence-corrected chi connectivity index (χ1v) is 6.91. The third-order valence-corrected chi connectivity index (χ3v) is 4.31. The van der Waals surface area contributed by atoms with Gasteiger partial charge in [-0.3, -0.25) is 4.79 Å². The Morgan fingerprint density at radius 2 is 1.83 bits per heavy atom. The summed E-state index contributed by atoms with van der Waals surface area (Å²) >= 11 is 0. The van der Waals surface area contributed by atoms with Gasteiger partial charge in [0.2, 0.25) is 5.91 Å². The standard InChI is InChI=1S/C15H20N2O/c16-13-8-6-11(7-9-13)14-5-2-10-17(14)15(18)12-3-1-4-12/h6-9,12,14H,1-5,10,16H2. The summed E-state index contributed by atoms with van der Waals surface area (Å²) in [5.41, 5.74) is 7.73. The van der Waals surface area contributed by atoms with Crippen molar-refractivity contribution in [2.24, 2.45) is 5.92 Å². The van der Waals surface area contributed by atoms with E-state index in [0.717, 1.165) is 37.9 Å². The van der Waals surface area contributed by atoms with Gasteiger partial charge in [-0.2, -0.15) is 0 Å². The lowest BCUT2D eigenvalue weighted by Crippen LogP contribution is -2.38. The first-order chi connectivity index (χ1) is 8.75. The van der Waals surface area contributed by atoms with Crippen molar-refractivity contribution in [2.45, 2.75) is 38.1 Å². The van der Waals surface area contributed by atoms with E-state index >= 15 is 0 Å². The first-order valence-electron chi connectivity index (χ1n) is 6.91. The topological polar surface area (TPSA) is 46.3 Å². The van der Waals surface area contributed by atoms with Crippen molar-refractivity contribution in [3.63, 3.8) is 0 Å². The summed E-state index contributed by atoms with van der Waals surface area (Å²) in [6.07, 6.45) is 5.60. The van der Waals surface area contributed by atoms with E-state index in [0.29, 0.717) is 11.8 Å². The lowest BCUT2D eigenvalue weighted by atomic mass is 9.84. The van der Waals surface area contributed by atoms with Crippen LogP contribution in [0.5, 0.6) is 0 Å². The smallest absolute Gasteiger partial charge is 0.226 e. The number of anilines is 1. The highest BCUT2D eigenvalue weighted by atomic mass is 16.2. The Hall–Kier alpha value is -1.51. The maximum atomic E-state index is 12.4. The van der Waals surface area contributed by atoms with Crippen LogP contribution >= 0.6 is 0 Å². The second kappa shape index (κ2) is 4.63. The number of nitrogen functional groups attached to an aromatic ring is 1. The van der Waals surface area contributed by atoms with Gasteiger partial charge in [-0.05, 0) is 43.4 Å². The number of benzene rings is 1. The van der Waals surface area contributed by atoms with Gasteiger partial charge in [-0.25, -0.2) is 0 Å². The molecule has 0 bridgehead atoms. The molecule has 3 heteroatoms. The number of hydrogen-bond donors (Lipinski definition) is 1. The van der Waals surface area contributed by atoms with E-state index in [9.17, 15) is 4.79 Å². The summed E-state index contributed by atoms with van der Waals surface area (Å²) in [6, 6.07) is 8.26. The zero-order chi connectivity index (χ0) is 12.5. The van der Waals surface area contributed by atoms with Crippen LogP contribution < -0.4 is 5.73 Å². The maximum Gasteiger partial charge on any atom is 0.226 e. The number of hydrogen-bond acceptors (Lipinski definition) is 2. The Morgan fingerprint density at radius 1 is 1.11 bits per heavy atom. The Bertz CT molecular complexity index is 436. The highest BCUT2D eigenvalue weighted by Crippen LogP contribution is 2.37. The quantitative estimate of drug-likeness (QED) is 0.813. The van der Waals surface area contributed by atoms with Crippen LogP contribution in [-0.2, 0) is 4.79 Å². The molecule has 0 spiro atoms. The van der Waals surface area contributed by atoms with Crippen LogP contribution in [0.2, 0.25) is 0 Å². The number of amides is 1. The summed E-state index contributed by atoms with van der Waals surface area (Å²) in [5, 5.41) is 0. The molecule has 18 heavy (non-hydrogen) atoms. The zero-order valence-corrected chi connectivity index (χ0v) is 10.6. The van der Waals surface area contributed by atoms with Crippen LogP contribution in [-0.4, -0.2) is 17.4 Å². The molecule has 1 amide bonds. The minimum absolute atomic E-state index is 0.277. The van der Waals surface area contributed by atoms with Gasteiger partial charge in [-0.15, -0.1) is 0 Å². The van der Waals surface area contributed by atoms with Crippen LogP contribution in [0.3, 0.4) is 0 Å². The van der Waals surface area contributed by atoms with Gasteiger partial charge in [0.15, 0.2) is 0 Å². The SMILES string of the molecule is Nc1ccc(C2CCCN2C(=O)C2CCC2)cc1. The van der Waals surface area contributed by atoms with E-state index in [-0.39, 0.29) is 6.04 Å². The van der Waals surface area contributed by atoms with Crippen molar-refractivity contribution in [3.8, 4) is 0 Å². The fraction of sp³-hybridized carbons (Fsp3) is 0.533. The van der Waals surface area contributed by atoms with Crippen molar-refractivity contribution >= 4 is 11.6 Å². The van der Waals surface area contributed by atoms with E-state index in [1.807, 2.05) is 12.1 Å². The van der Waals surface area contributed by atoms with Crippen LogP contribution in [0, 0.1) is 5.92 Å². The Kier molecular flexibility index (Phi) is 2.98. The number of nitrogens with zero attached hydrogens (tertiary/aromatic N) is 1. The molecular formula is C15H20N2O. The van der Waals surface area contributed by atoms with Crippen molar-refractivity contribution in [2.75, 3.05) is 12.3 Å². The van der Waals surface area contributed by atoms with Crippen LogP contribution in [0.25, 0.3) is 0 Å². The average molecular weight is 244 g/mol. The molecule has 3 nitrogen and oxygen atoms in total. The largest absolute Gasteiger partial charge is 0.399 e. The molecule has 1 saturated heterocycles. The third kappa shape index (κ3) is 1.98. The minimum atomic E-state index is 0.277. The summed E-state index contributed by atoms with van der Waals surface area (Å²) in [5.74, 6) is 0.681. The molecule has 1 aromatic carbocycles. The molecular weight excluding hydrogens is 224 g/mol. The Balaban J connectivity index is 1.78. The molecule has 3 rings (SSSR count). The summed E-state index contributed by atoms with van der Waals surface area (Å²) in [4.78, 5) is 14.5. The highest BCUT2D eigenvalue weighted by molar-refractivity contribution is 5.80.